The van der Waals surface area contributed by atoms with Gasteiger partial charge in [-0.1, -0.05) is 0 Å². The molecule has 17 heavy (non-hydrogen) atoms. The van der Waals surface area contributed by atoms with Crippen LogP contribution < -0.4 is 5.73 Å². The van der Waals surface area contributed by atoms with Crippen LogP contribution in [0.1, 0.15) is 20.3 Å². The van der Waals surface area contributed by atoms with Gasteiger partial charge in [-0.05, 0) is 13.8 Å². The Morgan fingerprint density at radius 1 is 1.29 bits per heavy atom. The highest BCUT2D eigenvalue weighted by atomic mass is 16.8. The van der Waals surface area contributed by atoms with Gasteiger partial charge in [0.1, 0.15) is 12.2 Å². The third-order valence-corrected chi connectivity index (χ3v) is 3.07. The quantitative estimate of drug-likeness (QED) is 0.693. The van der Waals surface area contributed by atoms with E-state index in [0.717, 1.165) is 0 Å². The number of rotatable bonds is 3. The molecule has 6 nitrogen and oxygen atoms in total. The molecule has 0 aromatic heterocycles. The van der Waals surface area contributed by atoms with Gasteiger partial charge in [0.2, 0.25) is 0 Å². The van der Waals surface area contributed by atoms with Crippen LogP contribution in [0, 0.1) is 0 Å². The van der Waals surface area contributed by atoms with E-state index in [2.05, 4.69) is 4.74 Å². The molecule has 0 aromatic carbocycles. The van der Waals surface area contributed by atoms with E-state index in [1.54, 1.807) is 0 Å². The molecule has 0 spiro atoms. The van der Waals surface area contributed by atoms with Gasteiger partial charge in [0.25, 0.3) is 0 Å². The van der Waals surface area contributed by atoms with Crippen molar-refractivity contribution < 1.29 is 23.7 Å². The minimum absolute atomic E-state index is 0.160. The van der Waals surface area contributed by atoms with Gasteiger partial charge in [-0.25, -0.2) is 0 Å². The molecule has 2 rings (SSSR count). The molecule has 2 aliphatic heterocycles. The van der Waals surface area contributed by atoms with Crippen molar-refractivity contribution in [3.05, 3.63) is 0 Å². The van der Waals surface area contributed by atoms with Crippen molar-refractivity contribution in [1.29, 1.82) is 0 Å². The SMILES string of the molecule is COC(=O)C[C@@H]1O[C@H](CN)[C@H]2OC(C)(C)O[C@H]21. The first kappa shape index (κ1) is 12.8. The van der Waals surface area contributed by atoms with E-state index in [-0.39, 0.29) is 36.8 Å². The van der Waals surface area contributed by atoms with Crippen molar-refractivity contribution >= 4 is 5.97 Å². The Hall–Kier alpha value is -0.690. The highest BCUT2D eigenvalue weighted by Gasteiger charge is 2.54. The number of esters is 1. The standard InChI is InChI=1S/C11H19NO5/c1-11(2)16-9-6(4-8(13)14-3)15-7(5-12)10(9)17-11/h6-7,9-10H,4-5,12H2,1-3H3/t6-,7+,9-,10+/m0/s1. The van der Waals surface area contributed by atoms with Crippen molar-refractivity contribution in [1.82, 2.24) is 0 Å². The van der Waals surface area contributed by atoms with Crippen molar-refractivity contribution in [2.75, 3.05) is 13.7 Å². The Balaban J connectivity index is 2.07. The predicted molar refractivity (Wildman–Crippen MR) is 58.2 cm³/mol. The lowest BCUT2D eigenvalue weighted by Crippen LogP contribution is -2.34. The Labute approximate surface area is 100 Å². The van der Waals surface area contributed by atoms with Crippen LogP contribution in [0.2, 0.25) is 0 Å². The van der Waals surface area contributed by atoms with E-state index in [1.807, 2.05) is 13.8 Å². The van der Waals surface area contributed by atoms with Crippen molar-refractivity contribution in [2.24, 2.45) is 5.73 Å². The van der Waals surface area contributed by atoms with E-state index in [9.17, 15) is 4.79 Å². The van der Waals surface area contributed by atoms with Gasteiger partial charge in [-0.3, -0.25) is 4.79 Å². The van der Waals surface area contributed by atoms with Crippen molar-refractivity contribution in [3.63, 3.8) is 0 Å². The number of ether oxygens (including phenoxy) is 4. The molecular formula is C11H19NO5. The lowest BCUT2D eigenvalue weighted by atomic mass is 10.1. The topological polar surface area (TPSA) is 80.0 Å². The van der Waals surface area contributed by atoms with Gasteiger partial charge >= 0.3 is 5.97 Å². The molecular weight excluding hydrogens is 226 g/mol. The third-order valence-electron chi connectivity index (χ3n) is 3.07. The normalized spacial score (nSPS) is 39.1. The summed E-state index contributed by atoms with van der Waals surface area (Å²) in [6.07, 6.45) is -0.866. The van der Waals surface area contributed by atoms with E-state index < -0.39 is 5.79 Å². The molecule has 98 valence electrons. The molecule has 2 saturated heterocycles. The van der Waals surface area contributed by atoms with Crippen LogP contribution in [-0.2, 0) is 23.7 Å². The van der Waals surface area contributed by atoms with E-state index in [4.69, 9.17) is 19.9 Å². The number of hydrogen-bond acceptors (Lipinski definition) is 6. The van der Waals surface area contributed by atoms with Gasteiger partial charge in [0.05, 0.1) is 25.7 Å². The highest BCUT2D eigenvalue weighted by Crippen LogP contribution is 2.39. The van der Waals surface area contributed by atoms with Crippen LogP contribution in [0.5, 0.6) is 0 Å². The summed E-state index contributed by atoms with van der Waals surface area (Å²) in [6, 6.07) is 0. The lowest BCUT2D eigenvalue weighted by molar-refractivity contribution is -0.188. The van der Waals surface area contributed by atoms with Gasteiger partial charge in [0, 0.05) is 6.54 Å². The van der Waals surface area contributed by atoms with E-state index in [1.165, 1.54) is 7.11 Å². The largest absolute Gasteiger partial charge is 0.469 e. The van der Waals surface area contributed by atoms with Crippen LogP contribution in [0.3, 0.4) is 0 Å². The first-order valence-corrected chi connectivity index (χ1v) is 5.75. The monoisotopic (exact) mass is 245 g/mol. The minimum Gasteiger partial charge on any atom is -0.469 e. The molecule has 0 bridgehead atoms. The molecule has 6 heteroatoms. The molecule has 0 amide bonds. The van der Waals surface area contributed by atoms with Gasteiger partial charge < -0.3 is 24.7 Å². The molecule has 0 saturated carbocycles. The van der Waals surface area contributed by atoms with Crippen LogP contribution in [-0.4, -0.2) is 49.8 Å². The zero-order valence-corrected chi connectivity index (χ0v) is 10.3. The fourth-order valence-electron chi connectivity index (χ4n) is 2.37. The summed E-state index contributed by atoms with van der Waals surface area (Å²) in [7, 11) is 1.35. The zero-order chi connectivity index (χ0) is 12.6. The lowest BCUT2D eigenvalue weighted by Gasteiger charge is -2.23. The molecule has 2 fully saturated rings. The van der Waals surface area contributed by atoms with Crippen LogP contribution in [0.25, 0.3) is 0 Å². The first-order valence-electron chi connectivity index (χ1n) is 5.75. The predicted octanol–water partition coefficient (Wildman–Crippen LogP) is -0.204. The maximum absolute atomic E-state index is 11.3. The van der Waals surface area contributed by atoms with Gasteiger partial charge in [-0.2, -0.15) is 0 Å². The third kappa shape index (κ3) is 2.44. The Morgan fingerprint density at radius 2 is 1.88 bits per heavy atom. The van der Waals surface area contributed by atoms with Crippen LogP contribution in [0.15, 0.2) is 0 Å². The second-order valence-corrected chi connectivity index (χ2v) is 4.79. The van der Waals surface area contributed by atoms with E-state index in [0.29, 0.717) is 6.54 Å². The summed E-state index contributed by atoms with van der Waals surface area (Å²) < 4.78 is 21.8. The second-order valence-electron chi connectivity index (χ2n) is 4.79. The molecule has 0 unspecified atom stereocenters. The highest BCUT2D eigenvalue weighted by molar-refractivity contribution is 5.70. The number of carbonyl (C=O) groups excluding carboxylic acids is 1. The fourth-order valence-corrected chi connectivity index (χ4v) is 2.37. The number of methoxy groups -OCH3 is 1. The second kappa shape index (κ2) is 4.53. The van der Waals surface area contributed by atoms with Crippen molar-refractivity contribution in [2.45, 2.75) is 50.5 Å². The number of hydrogen-bond donors (Lipinski definition) is 1. The van der Waals surface area contributed by atoms with Gasteiger partial charge in [0.15, 0.2) is 5.79 Å². The minimum atomic E-state index is -0.652. The maximum atomic E-state index is 11.3. The van der Waals surface area contributed by atoms with Crippen LogP contribution in [0.4, 0.5) is 0 Å². The molecule has 4 atom stereocenters. The van der Waals surface area contributed by atoms with Gasteiger partial charge in [-0.15, -0.1) is 0 Å². The fraction of sp³-hybridized carbons (Fsp3) is 0.909. The maximum Gasteiger partial charge on any atom is 0.308 e. The van der Waals surface area contributed by atoms with E-state index >= 15 is 0 Å². The summed E-state index contributed by atoms with van der Waals surface area (Å²) in [5.41, 5.74) is 5.63. The average molecular weight is 245 g/mol. The molecule has 0 aliphatic carbocycles. The summed E-state index contributed by atoms with van der Waals surface area (Å²) in [5.74, 6) is -0.972. The summed E-state index contributed by atoms with van der Waals surface area (Å²) in [6.45, 7) is 4.03. The first-order chi connectivity index (χ1) is 7.96. The molecule has 0 aromatic rings. The van der Waals surface area contributed by atoms with Crippen LogP contribution >= 0.6 is 0 Å². The number of carbonyl (C=O) groups is 1. The summed E-state index contributed by atoms with van der Waals surface area (Å²) in [5, 5.41) is 0. The molecule has 2 aliphatic rings. The summed E-state index contributed by atoms with van der Waals surface area (Å²) >= 11 is 0. The molecule has 2 heterocycles. The molecule has 0 radical (unpaired) electrons. The average Bonchev–Trinajstić information content (AvgIpc) is 2.73. The Kier molecular flexibility index (Phi) is 3.40. The molecule has 2 N–H and O–H groups in total. The number of nitrogens with two attached hydrogens (primary N) is 1. The Morgan fingerprint density at radius 3 is 2.41 bits per heavy atom. The Bertz CT molecular complexity index is 306. The zero-order valence-electron chi connectivity index (χ0n) is 10.3. The smallest absolute Gasteiger partial charge is 0.308 e. The number of fused-ring (bicyclic) bond motifs is 1. The van der Waals surface area contributed by atoms with Crippen molar-refractivity contribution in [3.8, 4) is 0 Å². The summed E-state index contributed by atoms with van der Waals surface area (Å²) in [4.78, 5) is 11.3.